The second-order valence-corrected chi connectivity index (χ2v) is 10.8. The number of anilines is 1. The molecule has 8 nitrogen and oxygen atoms in total. The minimum atomic E-state index is -1.60. The lowest BCUT2D eigenvalue weighted by Gasteiger charge is -2.18. The number of primary amides is 1. The van der Waals surface area contributed by atoms with Crippen molar-refractivity contribution in [3.05, 3.63) is 80.9 Å². The van der Waals surface area contributed by atoms with E-state index in [0.29, 0.717) is 47.3 Å². The minimum absolute atomic E-state index is 0.183. The topological polar surface area (TPSA) is 114 Å². The zero-order valence-electron chi connectivity index (χ0n) is 20.9. The van der Waals surface area contributed by atoms with Crippen LogP contribution in [0.2, 0.25) is 0 Å². The lowest BCUT2D eigenvalue weighted by atomic mass is 10.0. The standard InChI is InChI=1S/C27H27IN4O4S/c1-16(26(29)33)25(31-18-9-7-10-19(13-18)36-5)21-14-22(28)24(15-23(21)30-2)37(35)20-11-6-8-17(12-20)27(34)32(3)4/h6-15,31H,2H2,1,3-5H3,(H2,29,33)/b25-16-. The second-order valence-electron chi connectivity index (χ2n) is 8.18. The first-order chi connectivity index (χ1) is 17.6. The smallest absolute Gasteiger partial charge is 0.253 e. The summed E-state index contributed by atoms with van der Waals surface area (Å²) in [6.45, 7) is 5.30. The molecule has 0 radical (unpaired) electrons. The van der Waals surface area contributed by atoms with Gasteiger partial charge in [0, 0.05) is 51.0 Å². The van der Waals surface area contributed by atoms with Crippen molar-refractivity contribution in [1.82, 2.24) is 4.90 Å². The third-order valence-corrected chi connectivity index (χ3v) is 8.15. The molecule has 0 fully saturated rings. The van der Waals surface area contributed by atoms with E-state index in [9.17, 15) is 13.8 Å². The van der Waals surface area contributed by atoms with Gasteiger partial charge in [-0.05, 0) is 78.7 Å². The monoisotopic (exact) mass is 630 g/mol. The Bertz CT molecular complexity index is 1440. The molecule has 1 unspecified atom stereocenters. The van der Waals surface area contributed by atoms with Gasteiger partial charge in [0.1, 0.15) is 5.75 Å². The van der Waals surface area contributed by atoms with E-state index >= 15 is 0 Å². The number of aliphatic imine (C=N–C) groups is 1. The van der Waals surface area contributed by atoms with Gasteiger partial charge in [-0.15, -0.1) is 0 Å². The summed E-state index contributed by atoms with van der Waals surface area (Å²) in [6.07, 6.45) is 0. The van der Waals surface area contributed by atoms with Gasteiger partial charge in [0.2, 0.25) is 5.91 Å². The van der Waals surface area contributed by atoms with Gasteiger partial charge >= 0.3 is 0 Å². The third-order valence-electron chi connectivity index (χ3n) is 5.47. The maximum Gasteiger partial charge on any atom is 0.253 e. The van der Waals surface area contributed by atoms with E-state index in [2.05, 4.69) is 39.6 Å². The molecule has 3 rings (SSSR count). The van der Waals surface area contributed by atoms with E-state index in [0.717, 1.165) is 0 Å². The van der Waals surface area contributed by atoms with E-state index in [4.69, 9.17) is 10.5 Å². The van der Waals surface area contributed by atoms with Crippen LogP contribution in [0.15, 0.2) is 81.0 Å². The molecule has 10 heteroatoms. The molecule has 0 spiro atoms. The number of hydrogen-bond acceptors (Lipinski definition) is 6. The third kappa shape index (κ3) is 6.44. The van der Waals surface area contributed by atoms with Crippen molar-refractivity contribution in [2.24, 2.45) is 10.7 Å². The lowest BCUT2D eigenvalue weighted by molar-refractivity contribution is -0.114. The van der Waals surface area contributed by atoms with Crippen molar-refractivity contribution in [3.8, 4) is 5.75 Å². The van der Waals surface area contributed by atoms with Gasteiger partial charge in [-0.3, -0.25) is 14.6 Å². The summed E-state index contributed by atoms with van der Waals surface area (Å²) >= 11 is 2.09. The molecule has 0 saturated carbocycles. The summed E-state index contributed by atoms with van der Waals surface area (Å²) in [6, 6.07) is 17.4. The van der Waals surface area contributed by atoms with E-state index < -0.39 is 16.7 Å². The Balaban J connectivity index is 2.11. The van der Waals surface area contributed by atoms with Crippen molar-refractivity contribution in [2.75, 3.05) is 26.5 Å². The van der Waals surface area contributed by atoms with Crippen LogP contribution in [-0.4, -0.2) is 48.8 Å². The molecule has 0 aromatic heterocycles. The number of benzene rings is 3. The fourth-order valence-electron chi connectivity index (χ4n) is 3.48. The zero-order chi connectivity index (χ0) is 27.3. The summed E-state index contributed by atoms with van der Waals surface area (Å²) in [5.41, 5.74) is 8.46. The number of ether oxygens (including phenoxy) is 1. The average molecular weight is 631 g/mol. The fourth-order valence-corrected chi connectivity index (χ4v) is 5.69. The Morgan fingerprint density at radius 1 is 1.11 bits per heavy atom. The number of amides is 2. The number of nitrogens with zero attached hydrogens (tertiary/aromatic N) is 2. The van der Waals surface area contributed by atoms with Crippen LogP contribution in [0.4, 0.5) is 11.4 Å². The summed E-state index contributed by atoms with van der Waals surface area (Å²) in [5, 5.41) is 3.25. The van der Waals surface area contributed by atoms with Gasteiger partial charge in [-0.1, -0.05) is 12.1 Å². The van der Waals surface area contributed by atoms with Crippen molar-refractivity contribution >= 4 is 69.0 Å². The molecule has 0 aliphatic rings. The SMILES string of the molecule is C=Nc1cc(S(=O)c2cccc(C(=O)N(C)C)c2)c(I)cc1/C(Nc1cccc(OC)c1)=C(\C)C(N)=O. The fraction of sp³-hybridized carbons (Fsp3) is 0.148. The second kappa shape index (κ2) is 12.2. The predicted octanol–water partition coefficient (Wildman–Crippen LogP) is 4.83. The molecule has 0 heterocycles. The van der Waals surface area contributed by atoms with Gasteiger partial charge in [-0.2, -0.15) is 0 Å². The van der Waals surface area contributed by atoms with Crippen LogP contribution in [0, 0.1) is 3.57 Å². The van der Waals surface area contributed by atoms with E-state index in [-0.39, 0.29) is 11.5 Å². The Hall–Kier alpha value is -3.51. The Morgan fingerprint density at radius 3 is 2.43 bits per heavy atom. The number of rotatable bonds is 9. The number of methoxy groups -OCH3 is 1. The summed E-state index contributed by atoms with van der Waals surface area (Å²) in [7, 11) is 3.29. The van der Waals surface area contributed by atoms with Gasteiger partial charge in [0.05, 0.1) is 34.2 Å². The van der Waals surface area contributed by atoms with Crippen LogP contribution < -0.4 is 15.8 Å². The van der Waals surface area contributed by atoms with Gasteiger partial charge in [0.15, 0.2) is 0 Å². The van der Waals surface area contributed by atoms with E-state index in [1.54, 1.807) is 76.7 Å². The van der Waals surface area contributed by atoms with Crippen LogP contribution in [-0.2, 0) is 15.6 Å². The van der Waals surface area contributed by atoms with Crippen molar-refractivity contribution in [2.45, 2.75) is 16.7 Å². The highest BCUT2D eigenvalue weighted by Crippen LogP contribution is 2.36. The maximum atomic E-state index is 13.6. The number of carbonyl (C=O) groups excluding carboxylic acids is 2. The molecule has 3 aromatic carbocycles. The van der Waals surface area contributed by atoms with Crippen molar-refractivity contribution in [1.29, 1.82) is 0 Å². The summed E-state index contributed by atoms with van der Waals surface area (Å²) < 4.78 is 19.5. The number of carbonyl (C=O) groups is 2. The highest BCUT2D eigenvalue weighted by atomic mass is 127. The highest BCUT2D eigenvalue weighted by molar-refractivity contribution is 14.1. The molecule has 1 atom stereocenters. The molecule has 3 N–H and O–H groups in total. The molecule has 37 heavy (non-hydrogen) atoms. The first kappa shape index (κ1) is 28.1. The van der Waals surface area contributed by atoms with Gasteiger partial charge < -0.3 is 20.7 Å². The first-order valence-electron chi connectivity index (χ1n) is 11.0. The summed E-state index contributed by atoms with van der Waals surface area (Å²) in [5.74, 6) is -0.151. The Kier molecular flexibility index (Phi) is 9.22. The van der Waals surface area contributed by atoms with E-state index in [1.807, 2.05) is 12.1 Å². The van der Waals surface area contributed by atoms with Crippen LogP contribution in [0.1, 0.15) is 22.8 Å². The lowest BCUT2D eigenvalue weighted by Crippen LogP contribution is -2.21. The molecule has 3 aromatic rings. The molecule has 0 aliphatic heterocycles. The molecular weight excluding hydrogens is 603 g/mol. The molecule has 0 bridgehead atoms. The van der Waals surface area contributed by atoms with Crippen LogP contribution in [0.3, 0.4) is 0 Å². The molecule has 0 aliphatic carbocycles. The molecular formula is C27H27IN4O4S. The molecule has 0 saturated heterocycles. The van der Waals surface area contributed by atoms with Crippen LogP contribution >= 0.6 is 22.6 Å². The van der Waals surface area contributed by atoms with Gasteiger partial charge in [0.25, 0.3) is 5.91 Å². The van der Waals surface area contributed by atoms with Crippen LogP contribution in [0.5, 0.6) is 5.75 Å². The van der Waals surface area contributed by atoms with E-state index in [1.165, 1.54) is 4.90 Å². The predicted molar refractivity (Wildman–Crippen MR) is 156 cm³/mol. The van der Waals surface area contributed by atoms with Crippen molar-refractivity contribution in [3.63, 3.8) is 0 Å². The molecule has 2 amide bonds. The number of halogens is 1. The molecule has 192 valence electrons. The van der Waals surface area contributed by atoms with Gasteiger partial charge in [-0.25, -0.2) is 4.21 Å². The highest BCUT2D eigenvalue weighted by Gasteiger charge is 2.20. The summed E-state index contributed by atoms with van der Waals surface area (Å²) in [4.78, 5) is 31.2. The van der Waals surface area contributed by atoms with Crippen molar-refractivity contribution < 1.29 is 18.5 Å². The van der Waals surface area contributed by atoms with Crippen LogP contribution in [0.25, 0.3) is 5.70 Å². The number of nitrogens with two attached hydrogens (primary N) is 1. The average Bonchev–Trinajstić information content (AvgIpc) is 2.90. The first-order valence-corrected chi connectivity index (χ1v) is 13.3. The number of hydrogen-bond donors (Lipinski definition) is 2. The maximum absolute atomic E-state index is 13.6. The Morgan fingerprint density at radius 2 is 1.81 bits per heavy atom. The number of nitrogens with one attached hydrogen (secondary N) is 1. The largest absolute Gasteiger partial charge is 0.497 e. The zero-order valence-corrected chi connectivity index (χ0v) is 23.8. The Labute approximate surface area is 232 Å². The quantitative estimate of drug-likeness (QED) is 0.200. The minimum Gasteiger partial charge on any atom is -0.497 e. The normalized spacial score (nSPS) is 12.2.